The molecule has 7 nitrogen and oxygen atoms in total. The second-order valence-corrected chi connectivity index (χ2v) is 10.3. The molecule has 3 aromatic carbocycles. The van der Waals surface area contributed by atoms with E-state index in [1.807, 2.05) is 32.9 Å². The minimum absolute atomic E-state index is 0.0477. The van der Waals surface area contributed by atoms with Gasteiger partial charge in [-0.2, -0.15) is 0 Å². The number of Topliss-reactive ketones (excluding diaryl/α,β-unsaturated/α-hetero) is 1. The van der Waals surface area contributed by atoms with Gasteiger partial charge >= 0.3 is 5.97 Å². The number of aryl methyl sites for hydroxylation is 3. The van der Waals surface area contributed by atoms with E-state index in [0.29, 0.717) is 35.1 Å². The van der Waals surface area contributed by atoms with E-state index < -0.39 is 23.7 Å². The zero-order chi connectivity index (χ0) is 28.4. The number of hydrogen-bond acceptors (Lipinski definition) is 6. The zero-order valence-electron chi connectivity index (χ0n) is 23.1. The summed E-state index contributed by atoms with van der Waals surface area (Å²) in [5, 5.41) is 11.5. The molecule has 1 unspecified atom stereocenters. The number of aliphatic hydroxyl groups is 1. The van der Waals surface area contributed by atoms with Crippen LogP contribution in [0.2, 0.25) is 0 Å². The Kier molecular flexibility index (Phi) is 7.90. The van der Waals surface area contributed by atoms with Crippen molar-refractivity contribution in [2.75, 3.05) is 11.5 Å². The number of amides is 1. The lowest BCUT2D eigenvalue weighted by Crippen LogP contribution is -2.29. The SMILES string of the molecule is CC(=O)Oc1cccc(C2/C(=C(\O)c3ccc(OCC(C)C)c(C)c3)C(=O)C(=O)N2c2ccc(C)c(C)c2)c1. The first-order valence-corrected chi connectivity index (χ1v) is 12.9. The first-order chi connectivity index (χ1) is 18.5. The molecule has 39 heavy (non-hydrogen) atoms. The standard InChI is InChI=1S/C32H33NO6/c1-18(2)17-38-27-13-11-24(14-21(27)5)30(35)28-29(23-8-7-9-26(16-23)39-22(6)34)33(32(37)31(28)36)25-12-10-19(3)20(4)15-25/h7-16,18,29,35H,17H2,1-6H3/b30-28+. The summed E-state index contributed by atoms with van der Waals surface area (Å²) in [6, 6.07) is 16.4. The monoisotopic (exact) mass is 527 g/mol. The first-order valence-electron chi connectivity index (χ1n) is 12.9. The predicted molar refractivity (Wildman–Crippen MR) is 150 cm³/mol. The van der Waals surface area contributed by atoms with E-state index >= 15 is 0 Å². The average Bonchev–Trinajstić information content (AvgIpc) is 3.14. The number of hydrogen-bond donors (Lipinski definition) is 1. The fourth-order valence-electron chi connectivity index (χ4n) is 4.57. The van der Waals surface area contributed by atoms with E-state index in [4.69, 9.17) is 9.47 Å². The van der Waals surface area contributed by atoms with Gasteiger partial charge in [0.05, 0.1) is 18.2 Å². The van der Waals surface area contributed by atoms with Crippen molar-refractivity contribution in [3.8, 4) is 11.5 Å². The van der Waals surface area contributed by atoms with Crippen LogP contribution in [0.15, 0.2) is 66.2 Å². The Bertz CT molecular complexity index is 1490. The number of benzene rings is 3. The molecule has 0 aromatic heterocycles. The quantitative estimate of drug-likeness (QED) is 0.129. The summed E-state index contributed by atoms with van der Waals surface area (Å²) >= 11 is 0. The molecular formula is C32H33NO6. The molecule has 1 amide bonds. The van der Waals surface area contributed by atoms with Crippen molar-refractivity contribution < 1.29 is 29.0 Å². The van der Waals surface area contributed by atoms with Crippen molar-refractivity contribution in [1.82, 2.24) is 0 Å². The topological polar surface area (TPSA) is 93.1 Å². The predicted octanol–water partition coefficient (Wildman–Crippen LogP) is 6.20. The van der Waals surface area contributed by atoms with Crippen molar-refractivity contribution in [2.24, 2.45) is 5.92 Å². The van der Waals surface area contributed by atoms with Crippen LogP contribution in [0.1, 0.15) is 54.6 Å². The lowest BCUT2D eigenvalue weighted by atomic mass is 9.94. The van der Waals surface area contributed by atoms with E-state index in [1.165, 1.54) is 11.8 Å². The summed E-state index contributed by atoms with van der Waals surface area (Å²) in [4.78, 5) is 40.0. The third-order valence-electron chi connectivity index (χ3n) is 6.67. The molecular weight excluding hydrogens is 494 g/mol. The number of aliphatic hydroxyl groups excluding tert-OH is 1. The maximum atomic E-state index is 13.5. The number of ether oxygens (including phenoxy) is 2. The summed E-state index contributed by atoms with van der Waals surface area (Å²) in [6.45, 7) is 11.7. The van der Waals surface area contributed by atoms with Crippen molar-refractivity contribution in [3.05, 3.63) is 94.1 Å². The van der Waals surface area contributed by atoms with E-state index in [-0.39, 0.29) is 17.1 Å². The fourth-order valence-corrected chi connectivity index (χ4v) is 4.57. The van der Waals surface area contributed by atoms with Crippen LogP contribution >= 0.6 is 0 Å². The highest BCUT2D eigenvalue weighted by Gasteiger charge is 2.47. The van der Waals surface area contributed by atoms with Crippen LogP contribution in [0.5, 0.6) is 11.5 Å². The van der Waals surface area contributed by atoms with Gasteiger partial charge in [-0.05, 0) is 91.4 Å². The molecule has 7 heteroatoms. The molecule has 0 bridgehead atoms. The highest BCUT2D eigenvalue weighted by Crippen LogP contribution is 2.43. The van der Waals surface area contributed by atoms with Gasteiger partial charge < -0.3 is 14.6 Å². The van der Waals surface area contributed by atoms with Gasteiger partial charge in [0.25, 0.3) is 11.7 Å². The summed E-state index contributed by atoms with van der Waals surface area (Å²) in [5.41, 5.74) is 4.17. The average molecular weight is 528 g/mol. The lowest BCUT2D eigenvalue weighted by Gasteiger charge is -2.26. The van der Waals surface area contributed by atoms with Crippen LogP contribution in [0.3, 0.4) is 0 Å². The van der Waals surface area contributed by atoms with E-state index in [2.05, 4.69) is 13.8 Å². The van der Waals surface area contributed by atoms with Gasteiger partial charge in [-0.15, -0.1) is 0 Å². The molecule has 1 saturated heterocycles. The molecule has 4 rings (SSSR count). The van der Waals surface area contributed by atoms with E-state index in [0.717, 1.165) is 16.7 Å². The minimum Gasteiger partial charge on any atom is -0.507 e. The highest BCUT2D eigenvalue weighted by atomic mass is 16.5. The van der Waals surface area contributed by atoms with Gasteiger partial charge in [0.1, 0.15) is 17.3 Å². The zero-order valence-corrected chi connectivity index (χ0v) is 23.1. The maximum absolute atomic E-state index is 13.5. The molecule has 202 valence electrons. The van der Waals surface area contributed by atoms with E-state index in [1.54, 1.807) is 48.5 Å². The number of esters is 1. The Hall–Kier alpha value is -4.39. The third-order valence-corrected chi connectivity index (χ3v) is 6.67. The fraction of sp³-hybridized carbons (Fsp3) is 0.281. The Morgan fingerprint density at radius 3 is 2.33 bits per heavy atom. The molecule has 0 aliphatic carbocycles. The highest BCUT2D eigenvalue weighted by molar-refractivity contribution is 6.51. The van der Waals surface area contributed by atoms with Crippen LogP contribution in [-0.4, -0.2) is 29.4 Å². The molecule has 1 fully saturated rings. The van der Waals surface area contributed by atoms with E-state index in [9.17, 15) is 19.5 Å². The molecule has 1 N–H and O–H groups in total. The lowest BCUT2D eigenvalue weighted by molar-refractivity contribution is -0.132. The Labute approximate surface area is 228 Å². The number of nitrogens with zero attached hydrogens (tertiary/aromatic N) is 1. The second-order valence-electron chi connectivity index (χ2n) is 10.3. The van der Waals surface area contributed by atoms with Crippen LogP contribution < -0.4 is 14.4 Å². The van der Waals surface area contributed by atoms with Crippen molar-refractivity contribution in [3.63, 3.8) is 0 Å². The second kappa shape index (κ2) is 11.2. The normalized spacial score (nSPS) is 16.6. The minimum atomic E-state index is -0.945. The first kappa shape index (κ1) is 27.6. The van der Waals surface area contributed by atoms with Crippen LogP contribution in [-0.2, 0) is 14.4 Å². The molecule has 0 radical (unpaired) electrons. The molecule has 1 atom stereocenters. The molecule has 1 aliphatic heterocycles. The molecule has 1 aliphatic rings. The molecule has 0 saturated carbocycles. The van der Waals surface area contributed by atoms with Crippen LogP contribution in [0, 0.1) is 26.7 Å². The summed E-state index contributed by atoms with van der Waals surface area (Å²) < 4.78 is 11.1. The van der Waals surface area contributed by atoms with Gasteiger partial charge in [-0.3, -0.25) is 19.3 Å². The molecule has 1 heterocycles. The number of carbonyl (C=O) groups is 3. The Balaban J connectivity index is 1.88. The summed E-state index contributed by atoms with van der Waals surface area (Å²) in [5.74, 6) is -1.04. The van der Waals surface area contributed by atoms with Crippen molar-refractivity contribution >= 4 is 29.1 Å². The van der Waals surface area contributed by atoms with Crippen molar-refractivity contribution in [2.45, 2.75) is 47.6 Å². The third kappa shape index (κ3) is 5.72. The van der Waals surface area contributed by atoms with Gasteiger partial charge in [0.2, 0.25) is 0 Å². The van der Waals surface area contributed by atoms with Crippen LogP contribution in [0.25, 0.3) is 5.76 Å². The Morgan fingerprint density at radius 2 is 1.69 bits per heavy atom. The van der Waals surface area contributed by atoms with Gasteiger partial charge in [-0.1, -0.05) is 32.0 Å². The number of rotatable bonds is 7. The maximum Gasteiger partial charge on any atom is 0.308 e. The summed E-state index contributed by atoms with van der Waals surface area (Å²) in [7, 11) is 0. The molecule has 3 aromatic rings. The van der Waals surface area contributed by atoms with Crippen molar-refractivity contribution in [1.29, 1.82) is 0 Å². The number of ketones is 1. The largest absolute Gasteiger partial charge is 0.507 e. The Morgan fingerprint density at radius 1 is 0.949 bits per heavy atom. The number of carbonyl (C=O) groups excluding carboxylic acids is 3. The number of anilines is 1. The van der Waals surface area contributed by atoms with Crippen LogP contribution in [0.4, 0.5) is 5.69 Å². The smallest absolute Gasteiger partial charge is 0.308 e. The molecule has 0 spiro atoms. The van der Waals surface area contributed by atoms with Gasteiger partial charge in [-0.25, -0.2) is 0 Å². The van der Waals surface area contributed by atoms with Gasteiger partial charge in [0.15, 0.2) is 0 Å². The summed E-state index contributed by atoms with van der Waals surface area (Å²) in [6.07, 6.45) is 0. The van der Waals surface area contributed by atoms with Gasteiger partial charge in [0, 0.05) is 18.2 Å².